The summed E-state index contributed by atoms with van der Waals surface area (Å²) in [4.78, 5) is 10.8. The van der Waals surface area contributed by atoms with E-state index in [0.717, 1.165) is 5.75 Å². The fraction of sp³-hybridized carbons (Fsp3) is 0.750. The first kappa shape index (κ1) is 13.5. The van der Waals surface area contributed by atoms with Crippen molar-refractivity contribution in [2.75, 3.05) is 18.6 Å². The molecule has 2 N–H and O–H groups in total. The number of carbonyl (C=O) groups is 1. The maximum atomic E-state index is 10.8. The summed E-state index contributed by atoms with van der Waals surface area (Å²) in [5, 5.41) is 11.6. The predicted octanol–water partition coefficient (Wildman–Crippen LogP) is 1.10. The van der Waals surface area contributed by atoms with Gasteiger partial charge in [-0.25, -0.2) is 4.79 Å². The van der Waals surface area contributed by atoms with E-state index in [4.69, 9.17) is 22.1 Å². The van der Waals surface area contributed by atoms with Crippen molar-refractivity contribution in [3.8, 4) is 0 Å². The molecule has 0 aromatic carbocycles. The molecule has 0 rings (SSSR count). The number of thioether (sulfide) groups is 1. The van der Waals surface area contributed by atoms with E-state index in [-0.39, 0.29) is 5.17 Å². The molecule has 0 aromatic rings. The van der Waals surface area contributed by atoms with E-state index in [2.05, 4.69) is 5.32 Å². The summed E-state index contributed by atoms with van der Waals surface area (Å²) < 4.78 is 4.95. The first-order valence-corrected chi connectivity index (χ1v) is 6.07. The van der Waals surface area contributed by atoms with Crippen molar-refractivity contribution < 1.29 is 14.6 Å². The normalized spacial score (nSPS) is 11.9. The average molecular weight is 237 g/mol. The van der Waals surface area contributed by atoms with E-state index in [9.17, 15) is 4.79 Å². The van der Waals surface area contributed by atoms with Crippen molar-refractivity contribution in [3.05, 3.63) is 0 Å². The lowest BCUT2D eigenvalue weighted by molar-refractivity contribution is -0.139. The molecule has 1 unspecified atom stereocenters. The van der Waals surface area contributed by atoms with Crippen LogP contribution in [0.5, 0.6) is 0 Å². The van der Waals surface area contributed by atoms with Crippen molar-refractivity contribution in [1.29, 1.82) is 0 Å². The highest BCUT2D eigenvalue weighted by atomic mass is 32.2. The van der Waals surface area contributed by atoms with Gasteiger partial charge in [0.05, 0.1) is 6.61 Å². The summed E-state index contributed by atoms with van der Waals surface area (Å²) in [5.41, 5.74) is 0. The zero-order valence-electron chi connectivity index (χ0n) is 8.28. The fourth-order valence-electron chi connectivity index (χ4n) is 0.808. The summed E-state index contributed by atoms with van der Waals surface area (Å²) in [6.45, 7) is 2.24. The number of carboxylic acid groups (broad SMARTS) is 1. The molecule has 0 fully saturated rings. The number of ether oxygens (including phenoxy) is 1. The van der Waals surface area contributed by atoms with E-state index < -0.39 is 12.0 Å². The van der Waals surface area contributed by atoms with Crippen LogP contribution in [0.2, 0.25) is 0 Å². The second kappa shape index (κ2) is 7.87. The molecular weight excluding hydrogens is 222 g/mol. The molecule has 6 heteroatoms. The molecule has 0 aliphatic rings. The molecule has 0 saturated heterocycles. The van der Waals surface area contributed by atoms with Crippen LogP contribution in [0.3, 0.4) is 0 Å². The van der Waals surface area contributed by atoms with Gasteiger partial charge in [0.15, 0.2) is 0 Å². The Morgan fingerprint density at radius 2 is 2.36 bits per heavy atom. The van der Waals surface area contributed by atoms with E-state index >= 15 is 0 Å². The Bertz CT molecular complexity index is 199. The van der Waals surface area contributed by atoms with Crippen LogP contribution >= 0.6 is 24.0 Å². The highest BCUT2D eigenvalue weighted by Crippen LogP contribution is 2.01. The molecule has 0 heterocycles. The van der Waals surface area contributed by atoms with E-state index in [0.29, 0.717) is 13.0 Å². The third kappa shape index (κ3) is 6.04. The summed E-state index contributed by atoms with van der Waals surface area (Å²) in [6, 6.07) is -0.651. The third-order valence-corrected chi connectivity index (χ3v) is 2.36. The minimum absolute atomic E-state index is 0.154. The lowest BCUT2D eigenvalue weighted by Gasteiger charge is -2.15. The zero-order valence-corrected chi connectivity index (χ0v) is 9.91. The van der Waals surface area contributed by atoms with Crippen LogP contribution in [0.15, 0.2) is 0 Å². The molecule has 0 spiro atoms. The minimum atomic E-state index is -0.902. The van der Waals surface area contributed by atoms with Crippen LogP contribution < -0.4 is 5.32 Å². The molecule has 0 aliphatic carbocycles. The SMILES string of the molecule is CCOC(=S)NC(CCSC)C(=O)O. The zero-order chi connectivity index (χ0) is 11.0. The highest BCUT2D eigenvalue weighted by Gasteiger charge is 2.17. The first-order valence-electron chi connectivity index (χ1n) is 4.26. The van der Waals surface area contributed by atoms with Gasteiger partial charge >= 0.3 is 5.97 Å². The summed E-state index contributed by atoms with van der Waals surface area (Å²) in [5.74, 6) is -0.125. The van der Waals surface area contributed by atoms with E-state index in [1.807, 2.05) is 6.26 Å². The van der Waals surface area contributed by atoms with Crippen molar-refractivity contribution in [3.63, 3.8) is 0 Å². The molecule has 1 atom stereocenters. The molecular formula is C8H15NO3S2. The standard InChI is InChI=1S/C8H15NO3S2/c1-3-12-8(13)9-6(7(10)11)4-5-14-2/h6H,3-5H2,1-2H3,(H,9,13)(H,10,11). The van der Waals surface area contributed by atoms with Gasteiger partial charge in [-0.05, 0) is 37.6 Å². The minimum Gasteiger partial charge on any atom is -0.480 e. The van der Waals surface area contributed by atoms with Gasteiger partial charge < -0.3 is 15.2 Å². The van der Waals surface area contributed by atoms with Crippen LogP contribution in [0.1, 0.15) is 13.3 Å². The Kier molecular flexibility index (Phi) is 7.60. The molecule has 4 nitrogen and oxygen atoms in total. The van der Waals surface area contributed by atoms with Crippen LogP contribution in [0, 0.1) is 0 Å². The molecule has 0 saturated carbocycles. The maximum absolute atomic E-state index is 10.8. The van der Waals surface area contributed by atoms with Gasteiger partial charge in [0.1, 0.15) is 6.04 Å². The lowest BCUT2D eigenvalue weighted by Crippen LogP contribution is -2.41. The van der Waals surface area contributed by atoms with Gasteiger partial charge in [0, 0.05) is 0 Å². The Hall–Kier alpha value is -0.490. The van der Waals surface area contributed by atoms with Gasteiger partial charge in [-0.15, -0.1) is 0 Å². The largest absolute Gasteiger partial charge is 0.480 e. The second-order valence-electron chi connectivity index (χ2n) is 2.54. The van der Waals surface area contributed by atoms with Gasteiger partial charge in [-0.2, -0.15) is 11.8 Å². The number of hydrogen-bond donors (Lipinski definition) is 2. The summed E-state index contributed by atoms with van der Waals surface area (Å²) >= 11 is 6.40. The van der Waals surface area contributed by atoms with Crippen molar-refractivity contribution in [1.82, 2.24) is 5.32 Å². The van der Waals surface area contributed by atoms with Gasteiger partial charge in [-0.1, -0.05) is 0 Å². The average Bonchev–Trinajstić information content (AvgIpc) is 2.12. The predicted molar refractivity (Wildman–Crippen MR) is 61.8 cm³/mol. The topological polar surface area (TPSA) is 58.6 Å². The monoisotopic (exact) mass is 237 g/mol. The van der Waals surface area contributed by atoms with Crippen LogP contribution in [0.25, 0.3) is 0 Å². The van der Waals surface area contributed by atoms with Crippen LogP contribution in [-0.4, -0.2) is 40.9 Å². The van der Waals surface area contributed by atoms with Gasteiger partial charge in [-0.3, -0.25) is 0 Å². The lowest BCUT2D eigenvalue weighted by atomic mass is 10.2. The Morgan fingerprint density at radius 3 is 2.79 bits per heavy atom. The Balaban J connectivity index is 3.95. The van der Waals surface area contributed by atoms with Gasteiger partial charge in [0.25, 0.3) is 5.17 Å². The number of carboxylic acids is 1. The van der Waals surface area contributed by atoms with Crippen molar-refractivity contribution in [2.24, 2.45) is 0 Å². The van der Waals surface area contributed by atoms with E-state index in [1.54, 1.807) is 18.7 Å². The number of thiocarbonyl (C=S) groups is 1. The number of rotatable bonds is 6. The van der Waals surface area contributed by atoms with Crippen LogP contribution in [-0.2, 0) is 9.53 Å². The maximum Gasteiger partial charge on any atom is 0.326 e. The molecule has 0 aliphatic heterocycles. The second-order valence-corrected chi connectivity index (χ2v) is 3.89. The van der Waals surface area contributed by atoms with Crippen LogP contribution in [0.4, 0.5) is 0 Å². The van der Waals surface area contributed by atoms with Crippen molar-refractivity contribution >= 4 is 35.1 Å². The molecule has 0 aromatic heterocycles. The molecule has 14 heavy (non-hydrogen) atoms. The fourth-order valence-corrected chi connectivity index (χ4v) is 1.54. The molecule has 82 valence electrons. The quantitative estimate of drug-likeness (QED) is 0.675. The Morgan fingerprint density at radius 1 is 1.71 bits per heavy atom. The first-order chi connectivity index (χ1) is 6.61. The summed E-state index contributed by atoms with van der Waals surface area (Å²) in [7, 11) is 0. The number of nitrogens with one attached hydrogen (secondary N) is 1. The Labute approximate surface area is 93.4 Å². The molecule has 0 amide bonds. The smallest absolute Gasteiger partial charge is 0.326 e. The number of hydrogen-bond acceptors (Lipinski definition) is 4. The van der Waals surface area contributed by atoms with E-state index in [1.165, 1.54) is 0 Å². The molecule has 0 radical (unpaired) electrons. The summed E-state index contributed by atoms with van der Waals surface area (Å²) in [6.07, 6.45) is 2.46. The number of aliphatic carboxylic acids is 1. The van der Waals surface area contributed by atoms with Gasteiger partial charge in [0.2, 0.25) is 0 Å². The highest BCUT2D eigenvalue weighted by molar-refractivity contribution is 7.98. The van der Waals surface area contributed by atoms with Crippen molar-refractivity contribution in [2.45, 2.75) is 19.4 Å². The third-order valence-electron chi connectivity index (χ3n) is 1.48. The molecule has 0 bridgehead atoms.